The van der Waals surface area contributed by atoms with Crippen LogP contribution in [0.25, 0.3) is 0 Å². The Bertz CT molecular complexity index is 669. The van der Waals surface area contributed by atoms with Crippen LogP contribution in [0.4, 0.5) is 0 Å². The Morgan fingerprint density at radius 3 is 2.50 bits per heavy atom. The van der Waals surface area contributed by atoms with Gasteiger partial charge in [-0.05, 0) is 48.7 Å². The second-order valence-corrected chi connectivity index (χ2v) is 6.24. The Labute approximate surface area is 152 Å². The van der Waals surface area contributed by atoms with Crippen molar-refractivity contribution in [2.75, 3.05) is 6.61 Å². The standard InChI is InChI=1S/C19H20Cl2O3/c1-2-4-14-6-9-16(10-7-14)24-19(22)5-3-12-23-18-11-8-15(20)13-17(18)21/h6-11,13H,2-5,12H2,1H3. The number of halogens is 2. The predicted molar refractivity (Wildman–Crippen MR) is 97.3 cm³/mol. The molecule has 0 N–H and O–H groups in total. The predicted octanol–water partition coefficient (Wildman–Crippen LogP) is 5.71. The third kappa shape index (κ3) is 6.06. The molecule has 0 aromatic heterocycles. The molecule has 2 aromatic rings. The third-order valence-electron chi connectivity index (χ3n) is 3.37. The first kappa shape index (κ1) is 18.6. The van der Waals surface area contributed by atoms with Gasteiger partial charge in [0.1, 0.15) is 11.5 Å². The summed E-state index contributed by atoms with van der Waals surface area (Å²) < 4.78 is 10.8. The molecule has 24 heavy (non-hydrogen) atoms. The summed E-state index contributed by atoms with van der Waals surface area (Å²) in [6, 6.07) is 12.7. The van der Waals surface area contributed by atoms with Crippen LogP contribution in [0.5, 0.6) is 11.5 Å². The molecule has 0 saturated carbocycles. The highest BCUT2D eigenvalue weighted by Crippen LogP contribution is 2.27. The third-order valence-corrected chi connectivity index (χ3v) is 3.90. The fourth-order valence-electron chi connectivity index (χ4n) is 2.19. The number of rotatable bonds is 8. The van der Waals surface area contributed by atoms with Crippen LogP contribution in [0.3, 0.4) is 0 Å². The monoisotopic (exact) mass is 366 g/mol. The first-order chi connectivity index (χ1) is 11.6. The molecule has 128 valence electrons. The molecule has 0 saturated heterocycles. The smallest absolute Gasteiger partial charge is 0.311 e. The summed E-state index contributed by atoms with van der Waals surface area (Å²) >= 11 is 11.8. The van der Waals surface area contributed by atoms with Crippen molar-refractivity contribution >= 4 is 29.2 Å². The zero-order valence-electron chi connectivity index (χ0n) is 13.6. The van der Waals surface area contributed by atoms with Crippen molar-refractivity contribution in [2.24, 2.45) is 0 Å². The van der Waals surface area contributed by atoms with Crippen LogP contribution in [0, 0.1) is 0 Å². The van der Waals surface area contributed by atoms with Crippen LogP contribution >= 0.6 is 23.2 Å². The van der Waals surface area contributed by atoms with Gasteiger partial charge in [0, 0.05) is 11.4 Å². The van der Waals surface area contributed by atoms with E-state index in [4.69, 9.17) is 32.7 Å². The van der Waals surface area contributed by atoms with E-state index >= 15 is 0 Å². The Kier molecular flexibility index (Phi) is 7.41. The van der Waals surface area contributed by atoms with Crippen molar-refractivity contribution in [3.8, 4) is 11.5 Å². The maximum atomic E-state index is 11.8. The summed E-state index contributed by atoms with van der Waals surface area (Å²) in [5, 5.41) is 1.01. The number of hydrogen-bond acceptors (Lipinski definition) is 3. The highest BCUT2D eigenvalue weighted by atomic mass is 35.5. The summed E-state index contributed by atoms with van der Waals surface area (Å²) in [4.78, 5) is 11.8. The molecule has 0 aliphatic carbocycles. The van der Waals surface area contributed by atoms with E-state index in [2.05, 4.69) is 6.92 Å². The maximum absolute atomic E-state index is 11.8. The number of benzene rings is 2. The van der Waals surface area contributed by atoms with Crippen molar-refractivity contribution in [3.63, 3.8) is 0 Å². The highest BCUT2D eigenvalue weighted by molar-refractivity contribution is 6.35. The van der Waals surface area contributed by atoms with Crippen LogP contribution in [0.1, 0.15) is 31.7 Å². The summed E-state index contributed by atoms with van der Waals surface area (Å²) in [5.41, 5.74) is 1.24. The number of carbonyl (C=O) groups excluding carboxylic acids is 1. The molecule has 0 radical (unpaired) electrons. The minimum absolute atomic E-state index is 0.274. The zero-order valence-corrected chi connectivity index (χ0v) is 15.1. The van der Waals surface area contributed by atoms with Crippen molar-refractivity contribution in [2.45, 2.75) is 32.6 Å². The Morgan fingerprint density at radius 1 is 1.08 bits per heavy atom. The number of aryl methyl sites for hydroxylation is 1. The van der Waals surface area contributed by atoms with Crippen molar-refractivity contribution in [1.82, 2.24) is 0 Å². The van der Waals surface area contributed by atoms with Gasteiger partial charge in [0.2, 0.25) is 0 Å². The lowest BCUT2D eigenvalue weighted by atomic mass is 10.1. The molecular formula is C19H20Cl2O3. The normalized spacial score (nSPS) is 10.5. The summed E-state index contributed by atoms with van der Waals surface area (Å²) in [7, 11) is 0. The second-order valence-electron chi connectivity index (χ2n) is 5.39. The number of esters is 1. The number of hydrogen-bond donors (Lipinski definition) is 0. The molecule has 0 aliphatic rings. The second kappa shape index (κ2) is 9.55. The fraction of sp³-hybridized carbons (Fsp3) is 0.316. The van der Waals surface area contributed by atoms with E-state index in [0.29, 0.717) is 34.6 Å². The lowest BCUT2D eigenvalue weighted by Crippen LogP contribution is -2.10. The van der Waals surface area contributed by atoms with E-state index in [1.165, 1.54) is 5.56 Å². The topological polar surface area (TPSA) is 35.5 Å². The minimum Gasteiger partial charge on any atom is -0.492 e. The van der Waals surface area contributed by atoms with Crippen molar-refractivity contribution in [3.05, 3.63) is 58.1 Å². The van der Waals surface area contributed by atoms with E-state index in [0.717, 1.165) is 12.8 Å². The lowest BCUT2D eigenvalue weighted by Gasteiger charge is -2.08. The summed E-state index contributed by atoms with van der Waals surface area (Å²) in [6.07, 6.45) is 2.95. The Morgan fingerprint density at radius 2 is 1.83 bits per heavy atom. The average molecular weight is 367 g/mol. The molecule has 0 aliphatic heterocycles. The largest absolute Gasteiger partial charge is 0.492 e. The molecule has 2 rings (SSSR count). The first-order valence-electron chi connectivity index (χ1n) is 7.96. The molecule has 0 bridgehead atoms. The first-order valence-corrected chi connectivity index (χ1v) is 8.71. The van der Waals surface area contributed by atoms with Gasteiger partial charge in [0.15, 0.2) is 0 Å². The van der Waals surface area contributed by atoms with Gasteiger partial charge in [0.05, 0.1) is 11.6 Å². The quantitative estimate of drug-likeness (QED) is 0.341. The zero-order chi connectivity index (χ0) is 17.4. The molecule has 0 atom stereocenters. The van der Waals surface area contributed by atoms with Gasteiger partial charge >= 0.3 is 5.97 Å². The van der Waals surface area contributed by atoms with Gasteiger partial charge in [-0.3, -0.25) is 4.79 Å². The van der Waals surface area contributed by atoms with Crippen LogP contribution in [-0.4, -0.2) is 12.6 Å². The van der Waals surface area contributed by atoms with Crippen LogP contribution in [0.2, 0.25) is 10.0 Å². The minimum atomic E-state index is -0.274. The number of carbonyl (C=O) groups is 1. The van der Waals surface area contributed by atoms with Crippen molar-refractivity contribution in [1.29, 1.82) is 0 Å². The van der Waals surface area contributed by atoms with Gasteiger partial charge < -0.3 is 9.47 Å². The fourth-order valence-corrected chi connectivity index (χ4v) is 2.65. The average Bonchev–Trinajstić information content (AvgIpc) is 2.55. The molecular weight excluding hydrogens is 347 g/mol. The molecule has 2 aromatic carbocycles. The Hall–Kier alpha value is -1.71. The molecule has 0 spiro atoms. The van der Waals surface area contributed by atoms with E-state index in [9.17, 15) is 4.79 Å². The van der Waals surface area contributed by atoms with Crippen molar-refractivity contribution < 1.29 is 14.3 Å². The van der Waals surface area contributed by atoms with Crippen LogP contribution < -0.4 is 9.47 Å². The molecule has 0 unspecified atom stereocenters. The van der Waals surface area contributed by atoms with Gasteiger partial charge in [-0.25, -0.2) is 0 Å². The van der Waals surface area contributed by atoms with E-state index in [1.54, 1.807) is 18.2 Å². The SMILES string of the molecule is CCCc1ccc(OC(=O)CCCOc2ccc(Cl)cc2Cl)cc1. The van der Waals surface area contributed by atoms with Gasteiger partial charge in [-0.15, -0.1) is 0 Å². The highest BCUT2D eigenvalue weighted by Gasteiger charge is 2.07. The van der Waals surface area contributed by atoms with Gasteiger partial charge in [-0.2, -0.15) is 0 Å². The van der Waals surface area contributed by atoms with Crippen LogP contribution in [-0.2, 0) is 11.2 Å². The molecule has 0 fully saturated rings. The summed E-state index contributed by atoms with van der Waals surface area (Å²) in [5.74, 6) is 0.853. The van der Waals surface area contributed by atoms with E-state index in [-0.39, 0.29) is 12.4 Å². The Balaban J connectivity index is 1.71. The molecule has 5 heteroatoms. The maximum Gasteiger partial charge on any atom is 0.311 e. The van der Waals surface area contributed by atoms with E-state index < -0.39 is 0 Å². The lowest BCUT2D eigenvalue weighted by molar-refractivity contribution is -0.134. The van der Waals surface area contributed by atoms with Gasteiger partial charge in [0.25, 0.3) is 0 Å². The summed E-state index contributed by atoms with van der Waals surface area (Å²) in [6.45, 7) is 2.51. The molecule has 0 heterocycles. The number of ether oxygens (including phenoxy) is 2. The van der Waals surface area contributed by atoms with Crippen LogP contribution in [0.15, 0.2) is 42.5 Å². The van der Waals surface area contributed by atoms with E-state index in [1.807, 2.05) is 24.3 Å². The molecule has 3 nitrogen and oxygen atoms in total. The molecule has 0 amide bonds. The van der Waals surface area contributed by atoms with Gasteiger partial charge in [-0.1, -0.05) is 48.7 Å².